The maximum Gasteiger partial charge on any atom is 0.251 e. The summed E-state index contributed by atoms with van der Waals surface area (Å²) >= 11 is 0. The number of aromatic amines is 1. The Balaban J connectivity index is 1.36. The summed E-state index contributed by atoms with van der Waals surface area (Å²) in [6, 6.07) is 22.3. The number of nitrogens with zero attached hydrogens (tertiary/aromatic N) is 1. The number of hydrogen-bond donors (Lipinski definition) is 2. The Kier molecular flexibility index (Phi) is 5.05. The highest BCUT2D eigenvalue weighted by atomic mass is 16.5. The van der Waals surface area contributed by atoms with E-state index in [0.717, 1.165) is 57.3 Å². The van der Waals surface area contributed by atoms with Crippen molar-refractivity contribution in [2.24, 2.45) is 0 Å². The summed E-state index contributed by atoms with van der Waals surface area (Å²) in [6.07, 6.45) is 1.75. The molecule has 1 amide bonds. The number of ether oxygens (including phenoxy) is 2. The first-order valence-corrected chi connectivity index (χ1v) is 11.5. The molecule has 0 bridgehead atoms. The zero-order chi connectivity index (χ0) is 23.1. The fourth-order valence-corrected chi connectivity index (χ4v) is 4.80. The topological polar surface area (TPSA) is 87.1 Å². The molecule has 4 aromatic rings. The van der Waals surface area contributed by atoms with E-state index >= 15 is 0 Å². The van der Waals surface area contributed by atoms with Crippen molar-refractivity contribution in [1.29, 1.82) is 5.26 Å². The van der Waals surface area contributed by atoms with Crippen molar-refractivity contribution in [1.82, 2.24) is 10.3 Å². The molecular formula is C28H23N3O3. The Bertz CT molecular complexity index is 1460. The Hall–Kier alpha value is -4.08. The number of aromatic nitrogens is 1. The number of carbonyl (C=O) groups excluding carboxylic acids is 1. The van der Waals surface area contributed by atoms with E-state index in [2.05, 4.69) is 28.5 Å². The minimum absolute atomic E-state index is 0.0271. The summed E-state index contributed by atoms with van der Waals surface area (Å²) in [7, 11) is 0. The Morgan fingerprint density at radius 2 is 1.82 bits per heavy atom. The van der Waals surface area contributed by atoms with E-state index in [1.54, 1.807) is 0 Å². The number of fused-ring (bicyclic) bond motifs is 2. The van der Waals surface area contributed by atoms with Gasteiger partial charge in [-0.2, -0.15) is 5.26 Å². The van der Waals surface area contributed by atoms with Gasteiger partial charge < -0.3 is 19.8 Å². The second-order valence-corrected chi connectivity index (χ2v) is 8.76. The third-order valence-corrected chi connectivity index (χ3v) is 6.64. The van der Waals surface area contributed by atoms with Crippen LogP contribution in [0.1, 0.15) is 34.3 Å². The lowest BCUT2D eigenvalue weighted by molar-refractivity contribution is 0.0254. The first kappa shape index (κ1) is 20.5. The first-order valence-electron chi connectivity index (χ1n) is 11.5. The van der Waals surface area contributed by atoms with E-state index in [1.165, 1.54) is 0 Å². The van der Waals surface area contributed by atoms with Gasteiger partial charge in [-0.1, -0.05) is 30.3 Å². The van der Waals surface area contributed by atoms with Crippen LogP contribution in [0.5, 0.6) is 5.75 Å². The van der Waals surface area contributed by atoms with Gasteiger partial charge in [-0.25, -0.2) is 0 Å². The molecule has 6 nitrogen and oxygen atoms in total. The van der Waals surface area contributed by atoms with Crippen molar-refractivity contribution < 1.29 is 14.3 Å². The van der Waals surface area contributed by atoms with Crippen LogP contribution in [0.3, 0.4) is 0 Å². The van der Waals surface area contributed by atoms with Gasteiger partial charge in [0.15, 0.2) is 0 Å². The third kappa shape index (κ3) is 3.60. The molecule has 0 aliphatic carbocycles. The molecule has 3 aromatic carbocycles. The largest absolute Gasteiger partial charge is 0.489 e. The van der Waals surface area contributed by atoms with E-state index in [0.29, 0.717) is 31.1 Å². The minimum Gasteiger partial charge on any atom is -0.489 e. The number of amides is 1. The van der Waals surface area contributed by atoms with E-state index in [4.69, 9.17) is 9.47 Å². The maximum atomic E-state index is 12.1. The number of carbonyl (C=O) groups is 1. The molecule has 2 N–H and O–H groups in total. The van der Waals surface area contributed by atoms with Gasteiger partial charge >= 0.3 is 0 Å². The number of rotatable bonds is 4. The van der Waals surface area contributed by atoms with E-state index in [1.807, 2.05) is 48.5 Å². The van der Waals surface area contributed by atoms with Gasteiger partial charge in [-0.3, -0.25) is 4.79 Å². The minimum atomic E-state index is -0.0271. The number of hydrogen-bond acceptors (Lipinski definition) is 4. The molecule has 6 rings (SSSR count). The fourth-order valence-electron chi connectivity index (χ4n) is 4.80. The Morgan fingerprint density at radius 1 is 0.971 bits per heavy atom. The number of benzene rings is 3. The van der Waals surface area contributed by atoms with Crippen LogP contribution < -0.4 is 10.1 Å². The molecule has 0 unspecified atom stereocenters. The van der Waals surface area contributed by atoms with Crippen LogP contribution in [0.2, 0.25) is 0 Å². The van der Waals surface area contributed by atoms with Crippen molar-refractivity contribution in [2.45, 2.75) is 25.5 Å². The van der Waals surface area contributed by atoms with E-state index < -0.39 is 0 Å². The molecule has 3 heterocycles. The Labute approximate surface area is 197 Å². The maximum absolute atomic E-state index is 12.1. The van der Waals surface area contributed by atoms with Gasteiger partial charge in [0.2, 0.25) is 0 Å². The fraction of sp³-hybridized carbons (Fsp3) is 0.214. The molecule has 2 aliphatic rings. The molecule has 0 spiro atoms. The highest BCUT2D eigenvalue weighted by Gasteiger charge is 2.20. The SMILES string of the molecule is N#Cc1cc(-c2cccc3[nH]c(-c4ccc5c(c4)C(=O)NC5)cc23)ccc1OC1CCOCC1. The van der Waals surface area contributed by atoms with Crippen LogP contribution in [0.25, 0.3) is 33.3 Å². The second-order valence-electron chi connectivity index (χ2n) is 8.76. The van der Waals surface area contributed by atoms with Gasteiger partial charge in [-0.15, -0.1) is 0 Å². The van der Waals surface area contributed by atoms with Crippen LogP contribution in [-0.4, -0.2) is 30.2 Å². The highest BCUT2D eigenvalue weighted by molar-refractivity contribution is 6.01. The van der Waals surface area contributed by atoms with Crippen molar-refractivity contribution in [3.8, 4) is 34.2 Å². The second kappa shape index (κ2) is 8.36. The number of nitrogens with one attached hydrogen (secondary N) is 2. The van der Waals surface area contributed by atoms with Crippen molar-refractivity contribution in [3.63, 3.8) is 0 Å². The van der Waals surface area contributed by atoms with Gasteiger partial charge in [-0.05, 0) is 52.6 Å². The summed E-state index contributed by atoms with van der Waals surface area (Å²) in [4.78, 5) is 15.6. The van der Waals surface area contributed by atoms with Crippen LogP contribution in [0.15, 0.2) is 60.7 Å². The molecule has 168 valence electrons. The highest BCUT2D eigenvalue weighted by Crippen LogP contribution is 2.35. The van der Waals surface area contributed by atoms with Gasteiger partial charge in [0, 0.05) is 41.5 Å². The zero-order valence-corrected chi connectivity index (χ0v) is 18.6. The van der Waals surface area contributed by atoms with Crippen molar-refractivity contribution >= 4 is 16.8 Å². The molecule has 0 saturated carbocycles. The molecule has 1 fully saturated rings. The normalized spacial score (nSPS) is 15.7. The van der Waals surface area contributed by atoms with Crippen molar-refractivity contribution in [2.75, 3.05) is 13.2 Å². The molecule has 6 heteroatoms. The molecule has 0 radical (unpaired) electrons. The van der Waals surface area contributed by atoms with Crippen LogP contribution in [0, 0.1) is 11.3 Å². The zero-order valence-electron chi connectivity index (χ0n) is 18.6. The van der Waals surface area contributed by atoms with E-state index in [-0.39, 0.29) is 12.0 Å². The first-order chi connectivity index (χ1) is 16.7. The predicted octanol–water partition coefficient (Wildman–Crippen LogP) is 5.17. The summed E-state index contributed by atoms with van der Waals surface area (Å²) in [6.45, 7) is 1.97. The summed E-state index contributed by atoms with van der Waals surface area (Å²) in [5, 5.41) is 13.7. The van der Waals surface area contributed by atoms with Crippen LogP contribution in [-0.2, 0) is 11.3 Å². The standard InChI is InChI=1S/C28H23N3O3/c29-15-20-12-17(6-7-27(20)34-21-8-10-33-11-9-21)22-2-1-3-25-24(22)14-26(31-25)18-4-5-19-16-30-28(32)23(19)13-18/h1-7,12-14,21,31H,8-11,16H2,(H,30,32). The van der Waals surface area contributed by atoms with Gasteiger partial charge in [0.05, 0.1) is 18.8 Å². The lowest BCUT2D eigenvalue weighted by Gasteiger charge is -2.24. The molecule has 1 saturated heterocycles. The number of nitriles is 1. The third-order valence-electron chi connectivity index (χ3n) is 6.64. The lowest BCUT2D eigenvalue weighted by Crippen LogP contribution is -2.26. The summed E-state index contributed by atoms with van der Waals surface area (Å²) in [5.74, 6) is 0.595. The van der Waals surface area contributed by atoms with E-state index in [9.17, 15) is 10.1 Å². The molecule has 0 atom stereocenters. The average Bonchev–Trinajstić information content (AvgIpc) is 3.48. The Morgan fingerprint density at radius 3 is 2.68 bits per heavy atom. The number of H-pyrrole nitrogens is 1. The predicted molar refractivity (Wildman–Crippen MR) is 130 cm³/mol. The molecule has 34 heavy (non-hydrogen) atoms. The lowest BCUT2D eigenvalue weighted by atomic mass is 9.98. The van der Waals surface area contributed by atoms with Crippen LogP contribution in [0.4, 0.5) is 0 Å². The van der Waals surface area contributed by atoms with Gasteiger partial charge in [0.25, 0.3) is 5.91 Å². The molecular weight excluding hydrogens is 426 g/mol. The molecule has 1 aromatic heterocycles. The quantitative estimate of drug-likeness (QED) is 0.450. The van der Waals surface area contributed by atoms with Gasteiger partial charge in [0.1, 0.15) is 17.9 Å². The molecule has 2 aliphatic heterocycles. The summed E-state index contributed by atoms with van der Waals surface area (Å²) in [5.41, 5.74) is 7.20. The monoisotopic (exact) mass is 449 g/mol. The smallest absolute Gasteiger partial charge is 0.251 e. The van der Waals surface area contributed by atoms with Crippen LogP contribution >= 0.6 is 0 Å². The summed E-state index contributed by atoms with van der Waals surface area (Å²) < 4.78 is 11.5. The van der Waals surface area contributed by atoms with Crippen molar-refractivity contribution in [3.05, 3.63) is 77.4 Å². The average molecular weight is 450 g/mol.